The minimum atomic E-state index is -0.317. The number of phenols is 1. The molecule has 0 bridgehead atoms. The summed E-state index contributed by atoms with van der Waals surface area (Å²) in [7, 11) is 1.47. The third-order valence-corrected chi connectivity index (χ3v) is 3.06. The molecule has 0 aliphatic rings. The van der Waals surface area contributed by atoms with E-state index < -0.39 is 0 Å². The molecule has 2 N–H and O–H groups in total. The van der Waals surface area contributed by atoms with Gasteiger partial charge in [0.1, 0.15) is 17.1 Å². The number of hydrogen-bond donors (Lipinski definition) is 2. The van der Waals surface area contributed by atoms with Crippen molar-refractivity contribution in [3.63, 3.8) is 0 Å². The van der Waals surface area contributed by atoms with E-state index in [0.29, 0.717) is 12.3 Å². The Morgan fingerprint density at radius 3 is 2.63 bits per heavy atom. The highest BCUT2D eigenvalue weighted by Crippen LogP contribution is 2.26. The summed E-state index contributed by atoms with van der Waals surface area (Å²) in [4.78, 5) is 14.2. The Kier molecular flexibility index (Phi) is 6.15. The third kappa shape index (κ3) is 4.13. The molecule has 1 aromatic rings. The van der Waals surface area contributed by atoms with Crippen LogP contribution in [0.25, 0.3) is 0 Å². The summed E-state index contributed by atoms with van der Waals surface area (Å²) in [5.41, 5.74) is 0.185. The van der Waals surface area contributed by atoms with E-state index in [1.54, 1.807) is 12.1 Å². The minimum absolute atomic E-state index is 0.0697. The number of rotatable bonds is 7. The van der Waals surface area contributed by atoms with Crippen LogP contribution in [0, 0.1) is 0 Å². The second-order valence-corrected chi connectivity index (χ2v) is 4.14. The van der Waals surface area contributed by atoms with E-state index in [0.717, 1.165) is 19.6 Å². The smallest absolute Gasteiger partial charge is 0.258 e. The van der Waals surface area contributed by atoms with E-state index in [1.165, 1.54) is 13.2 Å². The van der Waals surface area contributed by atoms with Crippen LogP contribution in [0.4, 0.5) is 0 Å². The highest BCUT2D eigenvalue weighted by atomic mass is 16.5. The van der Waals surface area contributed by atoms with Crippen LogP contribution in [0.15, 0.2) is 18.2 Å². The van der Waals surface area contributed by atoms with Crippen molar-refractivity contribution in [2.45, 2.75) is 13.8 Å². The van der Waals surface area contributed by atoms with Crippen molar-refractivity contribution >= 4 is 5.91 Å². The number of methoxy groups -OCH3 is 1. The summed E-state index contributed by atoms with van der Waals surface area (Å²) >= 11 is 0. The van der Waals surface area contributed by atoms with E-state index in [4.69, 9.17) is 4.74 Å². The second kappa shape index (κ2) is 7.63. The van der Waals surface area contributed by atoms with Crippen LogP contribution in [0.5, 0.6) is 11.5 Å². The Bertz CT molecular complexity index is 417. The number of carbonyl (C=O) groups is 1. The predicted molar refractivity (Wildman–Crippen MR) is 74.8 cm³/mol. The van der Waals surface area contributed by atoms with Crippen molar-refractivity contribution in [1.82, 2.24) is 10.2 Å². The number of carbonyl (C=O) groups excluding carboxylic acids is 1. The number of phenolic OH excluding ortho intramolecular Hbond substituents is 1. The average Bonchev–Trinajstić information content (AvgIpc) is 2.43. The highest BCUT2D eigenvalue weighted by molar-refractivity contribution is 5.99. The fraction of sp³-hybridized carbons (Fsp3) is 0.500. The van der Waals surface area contributed by atoms with Gasteiger partial charge in [0.25, 0.3) is 5.91 Å². The van der Waals surface area contributed by atoms with Crippen LogP contribution in [0.3, 0.4) is 0 Å². The molecule has 0 fully saturated rings. The van der Waals surface area contributed by atoms with Gasteiger partial charge < -0.3 is 20.1 Å². The van der Waals surface area contributed by atoms with Crippen LogP contribution in [0.2, 0.25) is 0 Å². The first-order valence-corrected chi connectivity index (χ1v) is 6.50. The molecule has 1 amide bonds. The zero-order valence-electron chi connectivity index (χ0n) is 11.8. The molecular weight excluding hydrogens is 244 g/mol. The maximum absolute atomic E-state index is 12.0. The summed E-state index contributed by atoms with van der Waals surface area (Å²) in [5, 5.41) is 12.5. The van der Waals surface area contributed by atoms with Gasteiger partial charge in [-0.2, -0.15) is 0 Å². The Balaban J connectivity index is 2.63. The van der Waals surface area contributed by atoms with Gasteiger partial charge in [0.15, 0.2) is 0 Å². The van der Waals surface area contributed by atoms with Crippen LogP contribution in [0.1, 0.15) is 24.2 Å². The fourth-order valence-corrected chi connectivity index (χ4v) is 1.87. The molecule has 5 nitrogen and oxygen atoms in total. The normalized spacial score (nSPS) is 10.5. The van der Waals surface area contributed by atoms with Gasteiger partial charge in [-0.1, -0.05) is 19.9 Å². The molecule has 19 heavy (non-hydrogen) atoms. The first-order valence-electron chi connectivity index (χ1n) is 6.50. The van der Waals surface area contributed by atoms with Crippen molar-refractivity contribution in [3.05, 3.63) is 23.8 Å². The number of aromatic hydroxyl groups is 1. The molecule has 106 valence electrons. The van der Waals surface area contributed by atoms with Crippen LogP contribution in [-0.2, 0) is 0 Å². The maximum atomic E-state index is 12.0. The first-order chi connectivity index (χ1) is 9.13. The third-order valence-electron chi connectivity index (χ3n) is 3.06. The van der Waals surface area contributed by atoms with E-state index in [1.807, 2.05) is 0 Å². The number of nitrogens with one attached hydrogen (secondary N) is 1. The van der Waals surface area contributed by atoms with Crippen molar-refractivity contribution in [2.24, 2.45) is 0 Å². The molecule has 0 saturated carbocycles. The Morgan fingerprint density at radius 1 is 1.37 bits per heavy atom. The zero-order chi connectivity index (χ0) is 14.3. The Hall–Kier alpha value is -1.75. The first kappa shape index (κ1) is 15.3. The Labute approximate surface area is 114 Å². The maximum Gasteiger partial charge on any atom is 0.258 e. The molecule has 0 aliphatic heterocycles. The molecule has 0 atom stereocenters. The molecule has 0 heterocycles. The SMILES string of the molecule is CCN(CC)CCNC(=O)c1c(O)cccc1OC. The molecule has 0 saturated heterocycles. The summed E-state index contributed by atoms with van der Waals surface area (Å²) in [6.45, 7) is 7.39. The standard InChI is InChI=1S/C14H22N2O3/c1-4-16(5-2)10-9-15-14(18)13-11(17)7-6-8-12(13)19-3/h6-8,17H,4-5,9-10H2,1-3H3,(H,15,18). The van der Waals surface area contributed by atoms with Gasteiger partial charge in [0.05, 0.1) is 7.11 Å². The minimum Gasteiger partial charge on any atom is -0.507 e. The van der Waals surface area contributed by atoms with Crippen LogP contribution >= 0.6 is 0 Å². The number of benzene rings is 1. The molecule has 1 rings (SSSR count). The second-order valence-electron chi connectivity index (χ2n) is 4.14. The molecule has 0 unspecified atom stereocenters. The molecule has 1 aromatic carbocycles. The number of likely N-dealkylation sites (N-methyl/N-ethyl adjacent to an activating group) is 1. The zero-order valence-corrected chi connectivity index (χ0v) is 11.8. The fourth-order valence-electron chi connectivity index (χ4n) is 1.87. The number of hydrogen-bond acceptors (Lipinski definition) is 4. The van der Waals surface area contributed by atoms with Crippen molar-refractivity contribution < 1.29 is 14.6 Å². The number of nitrogens with zero attached hydrogens (tertiary/aromatic N) is 1. The summed E-state index contributed by atoms with van der Waals surface area (Å²) < 4.78 is 5.09. The Morgan fingerprint density at radius 2 is 2.05 bits per heavy atom. The lowest BCUT2D eigenvalue weighted by atomic mass is 10.1. The number of ether oxygens (including phenoxy) is 1. The van der Waals surface area contributed by atoms with Gasteiger partial charge in [-0.3, -0.25) is 4.79 Å². The monoisotopic (exact) mass is 266 g/mol. The van der Waals surface area contributed by atoms with Gasteiger partial charge >= 0.3 is 0 Å². The van der Waals surface area contributed by atoms with E-state index in [-0.39, 0.29) is 17.2 Å². The van der Waals surface area contributed by atoms with Gasteiger partial charge in [-0.05, 0) is 25.2 Å². The molecular formula is C14H22N2O3. The lowest BCUT2D eigenvalue weighted by Gasteiger charge is -2.18. The largest absolute Gasteiger partial charge is 0.507 e. The van der Waals surface area contributed by atoms with Gasteiger partial charge in [0, 0.05) is 13.1 Å². The molecule has 5 heteroatoms. The predicted octanol–water partition coefficient (Wildman–Crippen LogP) is 1.47. The lowest BCUT2D eigenvalue weighted by molar-refractivity contribution is 0.0943. The van der Waals surface area contributed by atoms with Gasteiger partial charge in [-0.15, -0.1) is 0 Å². The van der Waals surface area contributed by atoms with Crippen LogP contribution < -0.4 is 10.1 Å². The number of amides is 1. The van der Waals surface area contributed by atoms with E-state index >= 15 is 0 Å². The highest BCUT2D eigenvalue weighted by Gasteiger charge is 2.16. The van der Waals surface area contributed by atoms with Crippen molar-refractivity contribution in [3.8, 4) is 11.5 Å². The molecule has 0 radical (unpaired) electrons. The molecule has 0 aliphatic carbocycles. The quantitative estimate of drug-likeness (QED) is 0.784. The summed E-state index contributed by atoms with van der Waals surface area (Å²) in [6, 6.07) is 4.77. The van der Waals surface area contributed by atoms with Gasteiger partial charge in [-0.25, -0.2) is 0 Å². The summed E-state index contributed by atoms with van der Waals surface area (Å²) in [5.74, 6) is -0.0119. The average molecular weight is 266 g/mol. The van der Waals surface area contributed by atoms with E-state index in [2.05, 4.69) is 24.1 Å². The molecule has 0 aromatic heterocycles. The lowest BCUT2D eigenvalue weighted by Crippen LogP contribution is -2.34. The van der Waals surface area contributed by atoms with Crippen LogP contribution in [-0.4, -0.2) is 49.2 Å². The molecule has 0 spiro atoms. The topological polar surface area (TPSA) is 61.8 Å². The van der Waals surface area contributed by atoms with Crippen molar-refractivity contribution in [2.75, 3.05) is 33.3 Å². The van der Waals surface area contributed by atoms with Crippen molar-refractivity contribution in [1.29, 1.82) is 0 Å². The van der Waals surface area contributed by atoms with Gasteiger partial charge in [0.2, 0.25) is 0 Å². The summed E-state index contributed by atoms with van der Waals surface area (Å²) in [6.07, 6.45) is 0. The van der Waals surface area contributed by atoms with E-state index in [9.17, 15) is 9.90 Å².